The Morgan fingerprint density at radius 1 is 1.44 bits per heavy atom. The maximum absolute atomic E-state index is 12.4. The second-order valence-corrected chi connectivity index (χ2v) is 3.73. The molecule has 0 fully saturated rings. The van der Waals surface area contributed by atoms with Gasteiger partial charge in [-0.05, 0) is 11.6 Å². The molecule has 0 radical (unpaired) electrons. The Morgan fingerprint density at radius 3 is 2.38 bits per heavy atom. The van der Waals surface area contributed by atoms with E-state index in [9.17, 15) is 23.3 Å². The van der Waals surface area contributed by atoms with E-state index < -0.39 is 29.0 Å². The summed E-state index contributed by atoms with van der Waals surface area (Å²) in [5, 5.41) is 19.2. The molecule has 0 aliphatic rings. The molecule has 0 saturated carbocycles. The lowest BCUT2D eigenvalue weighted by atomic mass is 10.1. The molecule has 88 valence electrons. The van der Waals surface area contributed by atoms with Crippen LogP contribution in [0.5, 0.6) is 0 Å². The fourth-order valence-electron chi connectivity index (χ4n) is 1.10. The molecule has 1 aromatic carbocycles. The molecule has 0 saturated heterocycles. The number of hydrogen-bond acceptors (Lipinski definition) is 3. The summed E-state index contributed by atoms with van der Waals surface area (Å²) >= 11 is 2.80. The maximum atomic E-state index is 12.4. The molecule has 4 nitrogen and oxygen atoms in total. The summed E-state index contributed by atoms with van der Waals surface area (Å²) < 4.78 is 37.3. The van der Waals surface area contributed by atoms with Gasteiger partial charge in [-0.15, -0.1) is 0 Å². The fourth-order valence-corrected chi connectivity index (χ4v) is 1.57. The molecular formula is C8H5BrF3NO3. The monoisotopic (exact) mass is 299 g/mol. The quantitative estimate of drug-likeness (QED) is 0.674. The predicted molar refractivity (Wildman–Crippen MR) is 51.7 cm³/mol. The number of nitrogens with zero attached hydrogens (tertiary/aromatic N) is 1. The van der Waals surface area contributed by atoms with Crippen molar-refractivity contribution in [3.63, 3.8) is 0 Å². The first-order valence-corrected chi connectivity index (χ1v) is 4.71. The summed E-state index contributed by atoms with van der Waals surface area (Å²) in [5.74, 6) is 0. The average Bonchev–Trinajstić information content (AvgIpc) is 2.15. The highest BCUT2D eigenvalue weighted by Gasteiger charge is 2.38. The average molecular weight is 300 g/mol. The first kappa shape index (κ1) is 12.9. The van der Waals surface area contributed by atoms with E-state index in [1.54, 1.807) is 0 Å². The molecule has 8 heteroatoms. The summed E-state index contributed by atoms with van der Waals surface area (Å²) in [7, 11) is 0. The van der Waals surface area contributed by atoms with Gasteiger partial charge in [0.25, 0.3) is 5.69 Å². The zero-order chi connectivity index (χ0) is 12.5. The van der Waals surface area contributed by atoms with Gasteiger partial charge in [0.1, 0.15) is 5.56 Å². The van der Waals surface area contributed by atoms with Crippen LogP contribution in [0.2, 0.25) is 0 Å². The van der Waals surface area contributed by atoms with E-state index in [1.165, 1.54) is 0 Å². The van der Waals surface area contributed by atoms with E-state index in [0.717, 1.165) is 0 Å². The Labute approximate surface area is 96.0 Å². The Kier molecular flexibility index (Phi) is 3.54. The number of benzene rings is 1. The van der Waals surface area contributed by atoms with E-state index in [-0.39, 0.29) is 10.0 Å². The van der Waals surface area contributed by atoms with E-state index in [1.807, 2.05) is 0 Å². The molecule has 0 amide bonds. The standard InChI is InChI=1S/C8H5BrF3NO3/c9-6-2-5(8(10,11)12)7(13(15)16)1-4(6)3-14/h1-2,14H,3H2. The third-order valence-corrected chi connectivity index (χ3v) is 2.58. The van der Waals surface area contributed by atoms with Crippen molar-refractivity contribution in [2.24, 2.45) is 0 Å². The zero-order valence-corrected chi connectivity index (χ0v) is 9.17. The van der Waals surface area contributed by atoms with Crippen molar-refractivity contribution in [1.29, 1.82) is 0 Å². The smallest absolute Gasteiger partial charge is 0.392 e. The van der Waals surface area contributed by atoms with Crippen LogP contribution in [-0.4, -0.2) is 10.0 Å². The number of nitro groups is 1. The number of rotatable bonds is 2. The molecule has 0 heterocycles. The Hall–Kier alpha value is -1.15. The summed E-state index contributed by atoms with van der Waals surface area (Å²) in [5.41, 5.74) is -2.39. The van der Waals surface area contributed by atoms with Crippen LogP contribution in [0.25, 0.3) is 0 Å². The highest BCUT2D eigenvalue weighted by molar-refractivity contribution is 9.10. The summed E-state index contributed by atoms with van der Waals surface area (Å²) in [4.78, 5) is 9.33. The molecule has 1 N–H and O–H groups in total. The van der Waals surface area contributed by atoms with Crippen molar-refractivity contribution in [3.8, 4) is 0 Å². The third-order valence-electron chi connectivity index (χ3n) is 1.84. The van der Waals surface area contributed by atoms with Crippen molar-refractivity contribution in [2.75, 3.05) is 0 Å². The molecule has 0 unspecified atom stereocenters. The third kappa shape index (κ3) is 2.50. The Morgan fingerprint density at radius 2 is 2.00 bits per heavy atom. The SMILES string of the molecule is O=[N+]([O-])c1cc(CO)c(Br)cc1C(F)(F)F. The van der Waals surface area contributed by atoms with Crippen LogP contribution in [0.15, 0.2) is 16.6 Å². The van der Waals surface area contributed by atoms with Crippen molar-refractivity contribution >= 4 is 21.6 Å². The Bertz CT molecular complexity index is 433. The first-order chi connectivity index (χ1) is 7.27. The van der Waals surface area contributed by atoms with E-state index in [0.29, 0.717) is 12.1 Å². The highest BCUT2D eigenvalue weighted by atomic mass is 79.9. The van der Waals surface area contributed by atoms with Crippen LogP contribution in [0.3, 0.4) is 0 Å². The van der Waals surface area contributed by atoms with Crippen LogP contribution in [0, 0.1) is 10.1 Å². The van der Waals surface area contributed by atoms with Gasteiger partial charge in [0, 0.05) is 10.5 Å². The molecule has 1 rings (SSSR count). The van der Waals surface area contributed by atoms with Crippen molar-refractivity contribution in [1.82, 2.24) is 0 Å². The highest BCUT2D eigenvalue weighted by Crippen LogP contribution is 2.38. The summed E-state index contributed by atoms with van der Waals surface area (Å²) in [6.07, 6.45) is -4.81. The second kappa shape index (κ2) is 4.38. The number of hydrogen-bond donors (Lipinski definition) is 1. The van der Waals surface area contributed by atoms with Crippen LogP contribution < -0.4 is 0 Å². The largest absolute Gasteiger partial charge is 0.423 e. The lowest BCUT2D eigenvalue weighted by Gasteiger charge is -2.09. The van der Waals surface area contributed by atoms with E-state index in [2.05, 4.69) is 15.9 Å². The molecule has 0 atom stereocenters. The second-order valence-electron chi connectivity index (χ2n) is 2.87. The van der Waals surface area contributed by atoms with Gasteiger partial charge in [-0.25, -0.2) is 0 Å². The van der Waals surface area contributed by atoms with Gasteiger partial charge in [-0.1, -0.05) is 15.9 Å². The minimum Gasteiger partial charge on any atom is -0.392 e. The Balaban J connectivity index is 3.49. The number of aliphatic hydroxyl groups is 1. The first-order valence-electron chi connectivity index (χ1n) is 3.92. The van der Waals surface area contributed by atoms with Crippen molar-refractivity contribution in [3.05, 3.63) is 37.8 Å². The lowest BCUT2D eigenvalue weighted by Crippen LogP contribution is -2.09. The van der Waals surface area contributed by atoms with Crippen molar-refractivity contribution < 1.29 is 23.2 Å². The molecule has 16 heavy (non-hydrogen) atoms. The van der Waals surface area contributed by atoms with Crippen LogP contribution >= 0.6 is 15.9 Å². The molecule has 0 aliphatic carbocycles. The molecule has 1 aromatic rings. The van der Waals surface area contributed by atoms with Crippen LogP contribution in [0.1, 0.15) is 11.1 Å². The number of alkyl halides is 3. The fraction of sp³-hybridized carbons (Fsp3) is 0.250. The van der Waals surface area contributed by atoms with Crippen LogP contribution in [0.4, 0.5) is 18.9 Å². The van der Waals surface area contributed by atoms with Gasteiger partial charge in [-0.3, -0.25) is 10.1 Å². The van der Waals surface area contributed by atoms with Crippen molar-refractivity contribution in [2.45, 2.75) is 12.8 Å². The normalized spacial score (nSPS) is 11.6. The minimum atomic E-state index is -4.81. The van der Waals surface area contributed by atoms with Gasteiger partial charge in [0.2, 0.25) is 0 Å². The van der Waals surface area contributed by atoms with Gasteiger partial charge in [0.05, 0.1) is 11.5 Å². The molecular weight excluding hydrogens is 295 g/mol. The van der Waals surface area contributed by atoms with E-state index >= 15 is 0 Å². The summed E-state index contributed by atoms with van der Waals surface area (Å²) in [6, 6.07) is 1.29. The maximum Gasteiger partial charge on any atom is 0.423 e. The van der Waals surface area contributed by atoms with Gasteiger partial charge >= 0.3 is 6.18 Å². The van der Waals surface area contributed by atoms with Gasteiger partial charge < -0.3 is 5.11 Å². The van der Waals surface area contributed by atoms with Gasteiger partial charge in [0.15, 0.2) is 0 Å². The zero-order valence-electron chi connectivity index (χ0n) is 7.58. The molecule has 0 bridgehead atoms. The molecule has 0 aliphatic heterocycles. The molecule has 0 spiro atoms. The number of nitro benzene ring substituents is 1. The predicted octanol–water partition coefficient (Wildman–Crippen LogP) is 2.87. The number of halogens is 4. The molecule has 0 aromatic heterocycles. The van der Waals surface area contributed by atoms with Gasteiger partial charge in [-0.2, -0.15) is 13.2 Å². The lowest BCUT2D eigenvalue weighted by molar-refractivity contribution is -0.388. The van der Waals surface area contributed by atoms with E-state index in [4.69, 9.17) is 5.11 Å². The minimum absolute atomic E-state index is 0.0204. The number of aliphatic hydroxyl groups excluding tert-OH is 1. The summed E-state index contributed by atoms with van der Waals surface area (Å²) in [6.45, 7) is -0.584. The topological polar surface area (TPSA) is 63.4 Å². The van der Waals surface area contributed by atoms with Crippen LogP contribution in [-0.2, 0) is 12.8 Å².